The van der Waals surface area contributed by atoms with Gasteiger partial charge in [-0.2, -0.15) is 0 Å². The number of allylic oxidation sites excluding steroid dienone is 1. The van der Waals surface area contributed by atoms with E-state index in [1.165, 1.54) is 83.5 Å². The van der Waals surface area contributed by atoms with Crippen LogP contribution in [-0.2, 0) is 9.47 Å². The second kappa shape index (κ2) is 19.2. The quantitative estimate of drug-likeness (QED) is 0.190. The number of unbranched alkanes of at least 4 members (excludes halogenated alkanes) is 13. The predicted molar refractivity (Wildman–Crippen MR) is 123 cm³/mol. The zero-order valence-corrected chi connectivity index (χ0v) is 19.4. The van der Waals surface area contributed by atoms with Gasteiger partial charge in [-0.05, 0) is 19.3 Å². The maximum absolute atomic E-state index is 9.89. The predicted octanol–water partition coefficient (Wildman–Crippen LogP) is 4.91. The third kappa shape index (κ3) is 13.1. The lowest BCUT2D eigenvalue weighted by atomic mass is 10.0. The maximum Gasteiger partial charge on any atom is 0.114 e. The monoisotopic (exact) mass is 428 g/mol. The molecule has 0 radical (unpaired) electrons. The summed E-state index contributed by atoms with van der Waals surface area (Å²) >= 11 is 0. The summed E-state index contributed by atoms with van der Waals surface area (Å²) in [6, 6.07) is 0. The van der Waals surface area contributed by atoms with Gasteiger partial charge in [0.15, 0.2) is 0 Å². The van der Waals surface area contributed by atoms with Gasteiger partial charge < -0.3 is 24.8 Å². The number of ether oxygens (including phenoxy) is 2. The van der Waals surface area contributed by atoms with E-state index in [0.29, 0.717) is 6.61 Å². The molecular weight excluding hydrogens is 380 g/mol. The molecule has 0 bridgehead atoms. The minimum Gasteiger partial charge on any atom is -0.394 e. The highest BCUT2D eigenvalue weighted by Gasteiger charge is 2.40. The molecule has 0 aliphatic carbocycles. The average Bonchev–Trinajstić information content (AvgIpc) is 3.12. The van der Waals surface area contributed by atoms with Crippen molar-refractivity contribution in [3.05, 3.63) is 12.2 Å². The molecule has 0 saturated carbocycles. The Morgan fingerprint density at radius 1 is 0.867 bits per heavy atom. The Morgan fingerprint density at radius 3 is 1.97 bits per heavy atom. The van der Waals surface area contributed by atoms with Crippen LogP contribution in [0, 0.1) is 0 Å². The number of aliphatic hydroxyl groups is 3. The standard InChI is InChI=1S/C25H48O5/c1-2-3-4-5-6-7-8-9-10-11-12-13-14-15-16-17-18-19-29-25-23(28)21-30-24(25)22(27)20-26/h16-17,22-28H,2-15,18-21H2,1H3/b17-16+/t22-,23+,24+,25+/m0/s1. The zero-order chi connectivity index (χ0) is 21.9. The Balaban J connectivity index is 1.86. The molecule has 30 heavy (non-hydrogen) atoms. The van der Waals surface area contributed by atoms with Crippen molar-refractivity contribution in [3.63, 3.8) is 0 Å². The Hall–Kier alpha value is -0.460. The summed E-state index contributed by atoms with van der Waals surface area (Å²) in [6.45, 7) is 2.50. The van der Waals surface area contributed by atoms with Crippen LogP contribution in [0.3, 0.4) is 0 Å². The molecule has 5 heteroatoms. The molecule has 0 aromatic rings. The molecular formula is C25H48O5. The normalized spacial score (nSPS) is 22.9. The lowest BCUT2D eigenvalue weighted by molar-refractivity contribution is -0.0924. The number of rotatable bonds is 20. The fraction of sp³-hybridized carbons (Fsp3) is 0.920. The van der Waals surface area contributed by atoms with E-state index in [1.807, 2.05) is 0 Å². The number of aliphatic hydroxyl groups excluding tert-OH is 3. The first-order chi connectivity index (χ1) is 14.7. The molecule has 1 saturated heterocycles. The van der Waals surface area contributed by atoms with Crippen LogP contribution >= 0.6 is 0 Å². The molecule has 0 aromatic carbocycles. The van der Waals surface area contributed by atoms with Gasteiger partial charge in [0, 0.05) is 0 Å². The summed E-state index contributed by atoms with van der Waals surface area (Å²) in [5.74, 6) is 0. The van der Waals surface area contributed by atoms with Crippen LogP contribution in [0.2, 0.25) is 0 Å². The van der Waals surface area contributed by atoms with Gasteiger partial charge >= 0.3 is 0 Å². The van der Waals surface area contributed by atoms with Crippen molar-refractivity contribution in [2.24, 2.45) is 0 Å². The molecule has 3 N–H and O–H groups in total. The second-order valence-electron chi connectivity index (χ2n) is 8.74. The highest BCUT2D eigenvalue weighted by Crippen LogP contribution is 2.21. The first kappa shape index (κ1) is 27.6. The smallest absolute Gasteiger partial charge is 0.114 e. The van der Waals surface area contributed by atoms with Crippen LogP contribution in [-0.4, -0.2) is 59.6 Å². The van der Waals surface area contributed by atoms with Crippen LogP contribution in [0.1, 0.15) is 103 Å². The van der Waals surface area contributed by atoms with Gasteiger partial charge in [0.25, 0.3) is 0 Å². The maximum atomic E-state index is 9.89. The van der Waals surface area contributed by atoms with Gasteiger partial charge in [-0.15, -0.1) is 0 Å². The van der Waals surface area contributed by atoms with Gasteiger partial charge in [-0.1, -0.05) is 96.1 Å². The highest BCUT2D eigenvalue weighted by molar-refractivity contribution is 4.89. The van der Waals surface area contributed by atoms with Crippen molar-refractivity contribution in [2.75, 3.05) is 19.8 Å². The van der Waals surface area contributed by atoms with Crippen LogP contribution in [0.5, 0.6) is 0 Å². The summed E-state index contributed by atoms with van der Waals surface area (Å²) in [4.78, 5) is 0. The molecule has 1 heterocycles. The summed E-state index contributed by atoms with van der Waals surface area (Å²) < 4.78 is 11.0. The van der Waals surface area contributed by atoms with Crippen molar-refractivity contribution in [1.29, 1.82) is 0 Å². The zero-order valence-electron chi connectivity index (χ0n) is 19.4. The molecule has 1 aliphatic heterocycles. The Bertz CT molecular complexity index is 401. The molecule has 0 aromatic heterocycles. The van der Waals surface area contributed by atoms with Gasteiger partial charge in [0.2, 0.25) is 0 Å². The molecule has 1 fully saturated rings. The van der Waals surface area contributed by atoms with E-state index in [1.54, 1.807) is 0 Å². The molecule has 5 nitrogen and oxygen atoms in total. The first-order valence-corrected chi connectivity index (χ1v) is 12.6. The van der Waals surface area contributed by atoms with E-state index in [-0.39, 0.29) is 6.61 Å². The van der Waals surface area contributed by atoms with E-state index < -0.39 is 31.0 Å². The fourth-order valence-corrected chi connectivity index (χ4v) is 4.05. The van der Waals surface area contributed by atoms with Crippen molar-refractivity contribution < 1.29 is 24.8 Å². The van der Waals surface area contributed by atoms with E-state index in [9.17, 15) is 10.2 Å². The van der Waals surface area contributed by atoms with Crippen LogP contribution in [0.25, 0.3) is 0 Å². The third-order valence-electron chi connectivity index (χ3n) is 5.96. The van der Waals surface area contributed by atoms with E-state index >= 15 is 0 Å². The SMILES string of the molecule is CCCCCCCCCCCCCCC/C=C/CCO[C@H]1[C@@H]([C@@H](O)CO)OC[C@H]1O. The molecule has 1 rings (SSSR count). The first-order valence-electron chi connectivity index (χ1n) is 12.6. The molecule has 4 atom stereocenters. The lowest BCUT2D eigenvalue weighted by Crippen LogP contribution is -2.42. The summed E-state index contributed by atoms with van der Waals surface area (Å²) in [5, 5.41) is 28.7. The van der Waals surface area contributed by atoms with Crippen molar-refractivity contribution >= 4 is 0 Å². The van der Waals surface area contributed by atoms with Crippen molar-refractivity contribution in [3.8, 4) is 0 Å². The summed E-state index contributed by atoms with van der Waals surface area (Å²) in [5.41, 5.74) is 0. The van der Waals surface area contributed by atoms with E-state index in [2.05, 4.69) is 19.1 Å². The van der Waals surface area contributed by atoms with Crippen LogP contribution < -0.4 is 0 Å². The fourth-order valence-electron chi connectivity index (χ4n) is 4.05. The molecule has 0 amide bonds. The van der Waals surface area contributed by atoms with Crippen LogP contribution in [0.4, 0.5) is 0 Å². The number of hydrogen-bond donors (Lipinski definition) is 3. The molecule has 178 valence electrons. The average molecular weight is 429 g/mol. The largest absolute Gasteiger partial charge is 0.394 e. The summed E-state index contributed by atoms with van der Waals surface area (Å²) in [6.07, 6.45) is 21.2. The Morgan fingerprint density at radius 2 is 1.40 bits per heavy atom. The van der Waals surface area contributed by atoms with E-state index in [4.69, 9.17) is 14.6 Å². The minimum absolute atomic E-state index is 0.140. The number of hydrogen-bond acceptors (Lipinski definition) is 5. The van der Waals surface area contributed by atoms with E-state index in [0.717, 1.165) is 12.8 Å². The molecule has 0 spiro atoms. The highest BCUT2D eigenvalue weighted by atomic mass is 16.6. The Labute approximate surface area is 184 Å². The lowest BCUT2D eigenvalue weighted by Gasteiger charge is -2.23. The topological polar surface area (TPSA) is 79.2 Å². The third-order valence-corrected chi connectivity index (χ3v) is 5.96. The second-order valence-corrected chi connectivity index (χ2v) is 8.74. The minimum atomic E-state index is -1.02. The van der Waals surface area contributed by atoms with Gasteiger partial charge in [-0.3, -0.25) is 0 Å². The summed E-state index contributed by atoms with van der Waals surface area (Å²) in [7, 11) is 0. The van der Waals surface area contributed by atoms with Crippen molar-refractivity contribution in [2.45, 2.75) is 128 Å². The Kier molecular flexibility index (Phi) is 17.7. The molecule has 0 unspecified atom stereocenters. The van der Waals surface area contributed by atoms with Crippen LogP contribution in [0.15, 0.2) is 12.2 Å². The molecule has 1 aliphatic rings. The van der Waals surface area contributed by atoms with Gasteiger partial charge in [0.1, 0.15) is 24.4 Å². The van der Waals surface area contributed by atoms with Gasteiger partial charge in [-0.25, -0.2) is 0 Å². The van der Waals surface area contributed by atoms with Gasteiger partial charge in [0.05, 0.1) is 19.8 Å². The van der Waals surface area contributed by atoms with Crippen molar-refractivity contribution in [1.82, 2.24) is 0 Å².